The van der Waals surface area contributed by atoms with Crippen molar-refractivity contribution < 1.29 is 28.3 Å². The molecule has 7 nitrogen and oxygen atoms in total. The summed E-state index contributed by atoms with van der Waals surface area (Å²) in [4.78, 5) is 38.3. The van der Waals surface area contributed by atoms with Crippen molar-refractivity contribution in [2.24, 2.45) is 0 Å². The molecule has 0 radical (unpaired) electrons. The number of rotatable bonds is 7. The average molecular weight is 563 g/mol. The van der Waals surface area contributed by atoms with Crippen LogP contribution in [-0.4, -0.2) is 29.1 Å². The van der Waals surface area contributed by atoms with Gasteiger partial charge in [-0.15, -0.1) is 0 Å². The van der Waals surface area contributed by atoms with Crippen LogP contribution in [0.5, 0.6) is 5.75 Å². The monoisotopic (exact) mass is 561 g/mol. The summed E-state index contributed by atoms with van der Waals surface area (Å²) in [5.74, 6) is -0.296. The molecular formula is C24H17BrClNO6S. The molecule has 10 heteroatoms. The predicted molar refractivity (Wildman–Crippen MR) is 131 cm³/mol. The van der Waals surface area contributed by atoms with E-state index in [-0.39, 0.29) is 29.6 Å². The number of benzene rings is 2. The van der Waals surface area contributed by atoms with Gasteiger partial charge in [0.2, 0.25) is 5.76 Å². The molecule has 0 N–H and O–H groups in total. The standard InChI is InChI=1S/C24H17BrClNO6S/c1-31-23(29)20-9-7-17(33-20)12-27-22(28)21(34-24(27)30)11-15-10-16(25)6-8-19(15)32-13-14-4-2-3-5-18(14)26/h2-11H,12-13H2,1H3/b21-11+. The fourth-order valence-electron chi connectivity index (χ4n) is 3.14. The largest absolute Gasteiger partial charge is 0.488 e. The molecule has 1 aliphatic heterocycles. The fraction of sp³-hybridized carbons (Fsp3) is 0.125. The first-order chi connectivity index (χ1) is 16.4. The van der Waals surface area contributed by atoms with Gasteiger partial charge in [0.1, 0.15) is 18.1 Å². The molecule has 0 atom stereocenters. The SMILES string of the molecule is COC(=O)c1ccc(CN2C(=O)S/C(=C/c3cc(Br)ccc3OCc3ccccc3Cl)C2=O)o1. The molecule has 1 aliphatic rings. The number of imide groups is 1. The normalized spacial score (nSPS) is 14.7. The lowest BCUT2D eigenvalue weighted by molar-refractivity contribution is -0.123. The molecule has 4 rings (SSSR count). The summed E-state index contributed by atoms with van der Waals surface area (Å²) in [6, 6.07) is 15.7. The molecule has 2 aromatic carbocycles. The maximum absolute atomic E-state index is 13.0. The number of hydrogen-bond donors (Lipinski definition) is 0. The van der Waals surface area contributed by atoms with Gasteiger partial charge in [-0.3, -0.25) is 14.5 Å². The Kier molecular flexibility index (Phi) is 7.45. The first-order valence-electron chi connectivity index (χ1n) is 9.94. The molecule has 34 heavy (non-hydrogen) atoms. The molecule has 0 bridgehead atoms. The number of ether oxygens (including phenoxy) is 2. The molecule has 0 unspecified atom stereocenters. The smallest absolute Gasteiger partial charge is 0.373 e. The second-order valence-electron chi connectivity index (χ2n) is 7.09. The van der Waals surface area contributed by atoms with Crippen molar-refractivity contribution in [3.8, 4) is 5.75 Å². The Balaban J connectivity index is 1.53. The summed E-state index contributed by atoms with van der Waals surface area (Å²) in [5, 5.41) is 0.149. The number of nitrogens with zero attached hydrogens (tertiary/aromatic N) is 1. The van der Waals surface area contributed by atoms with Crippen LogP contribution in [-0.2, 0) is 22.7 Å². The van der Waals surface area contributed by atoms with Crippen molar-refractivity contribution in [2.45, 2.75) is 13.2 Å². The van der Waals surface area contributed by atoms with Gasteiger partial charge >= 0.3 is 5.97 Å². The van der Waals surface area contributed by atoms with E-state index in [0.717, 1.165) is 26.7 Å². The Morgan fingerprint density at radius 3 is 2.74 bits per heavy atom. The number of amides is 2. The highest BCUT2D eigenvalue weighted by atomic mass is 79.9. The van der Waals surface area contributed by atoms with Gasteiger partial charge in [-0.2, -0.15) is 0 Å². The lowest BCUT2D eigenvalue weighted by Gasteiger charge is -2.12. The highest BCUT2D eigenvalue weighted by Gasteiger charge is 2.36. The maximum atomic E-state index is 13.0. The van der Waals surface area contributed by atoms with Crippen LogP contribution in [0.1, 0.15) is 27.4 Å². The number of carbonyl (C=O) groups is 3. The quantitative estimate of drug-likeness (QED) is 0.247. The van der Waals surface area contributed by atoms with E-state index < -0.39 is 17.1 Å². The van der Waals surface area contributed by atoms with Crippen molar-refractivity contribution in [3.05, 3.63) is 91.6 Å². The second-order valence-corrected chi connectivity index (χ2v) is 9.40. The third kappa shape index (κ3) is 5.38. The van der Waals surface area contributed by atoms with E-state index in [1.54, 1.807) is 24.3 Å². The Labute approximate surface area is 212 Å². The summed E-state index contributed by atoms with van der Waals surface area (Å²) in [7, 11) is 1.24. The second kappa shape index (κ2) is 10.5. The molecular weight excluding hydrogens is 546 g/mol. The molecule has 174 valence electrons. The van der Waals surface area contributed by atoms with E-state index in [1.165, 1.54) is 19.2 Å². The summed E-state index contributed by atoms with van der Waals surface area (Å²) >= 11 is 10.5. The molecule has 0 aliphatic carbocycles. The molecule has 0 saturated carbocycles. The van der Waals surface area contributed by atoms with Gasteiger partial charge in [0.25, 0.3) is 11.1 Å². The Bertz CT molecular complexity index is 1300. The number of furan rings is 1. The minimum absolute atomic E-state index is 0.00513. The number of esters is 1. The highest BCUT2D eigenvalue weighted by molar-refractivity contribution is 9.10. The van der Waals surface area contributed by atoms with Gasteiger partial charge in [0.05, 0.1) is 18.6 Å². The Morgan fingerprint density at radius 2 is 1.97 bits per heavy atom. The van der Waals surface area contributed by atoms with E-state index in [1.807, 2.05) is 24.3 Å². The van der Waals surface area contributed by atoms with Gasteiger partial charge in [-0.25, -0.2) is 4.79 Å². The molecule has 1 saturated heterocycles. The van der Waals surface area contributed by atoms with Crippen molar-refractivity contribution >= 4 is 62.5 Å². The molecule has 2 amide bonds. The van der Waals surface area contributed by atoms with Crippen LogP contribution in [0.4, 0.5) is 4.79 Å². The van der Waals surface area contributed by atoms with E-state index in [9.17, 15) is 14.4 Å². The third-order valence-corrected chi connectivity index (χ3v) is 6.60. The first-order valence-corrected chi connectivity index (χ1v) is 11.9. The molecule has 0 spiro atoms. The van der Waals surface area contributed by atoms with Gasteiger partial charge in [0, 0.05) is 20.6 Å². The molecule has 3 aromatic rings. The summed E-state index contributed by atoms with van der Waals surface area (Å²) in [5.41, 5.74) is 1.45. The minimum Gasteiger partial charge on any atom is -0.488 e. The third-order valence-electron chi connectivity index (χ3n) is 4.84. The maximum Gasteiger partial charge on any atom is 0.373 e. The zero-order valence-electron chi connectivity index (χ0n) is 17.7. The summed E-state index contributed by atoms with van der Waals surface area (Å²) in [6.07, 6.45) is 1.61. The zero-order valence-corrected chi connectivity index (χ0v) is 20.9. The fourth-order valence-corrected chi connectivity index (χ4v) is 4.54. The van der Waals surface area contributed by atoms with Crippen LogP contribution in [0.3, 0.4) is 0 Å². The van der Waals surface area contributed by atoms with E-state index in [2.05, 4.69) is 20.7 Å². The Hall–Kier alpha value is -3.01. The topological polar surface area (TPSA) is 86.0 Å². The van der Waals surface area contributed by atoms with Gasteiger partial charge in [0.15, 0.2) is 0 Å². The van der Waals surface area contributed by atoms with E-state index >= 15 is 0 Å². The van der Waals surface area contributed by atoms with Crippen LogP contribution in [0.25, 0.3) is 6.08 Å². The van der Waals surface area contributed by atoms with E-state index in [4.69, 9.17) is 20.8 Å². The van der Waals surface area contributed by atoms with Crippen molar-refractivity contribution in [3.63, 3.8) is 0 Å². The van der Waals surface area contributed by atoms with E-state index in [0.29, 0.717) is 16.3 Å². The van der Waals surface area contributed by atoms with Gasteiger partial charge < -0.3 is 13.9 Å². The molecule has 1 fully saturated rings. The number of methoxy groups -OCH3 is 1. The summed E-state index contributed by atoms with van der Waals surface area (Å²) < 4.78 is 16.7. The van der Waals surface area contributed by atoms with Crippen molar-refractivity contribution in [1.82, 2.24) is 4.90 Å². The Morgan fingerprint density at radius 1 is 1.18 bits per heavy atom. The highest BCUT2D eigenvalue weighted by Crippen LogP contribution is 2.36. The zero-order chi connectivity index (χ0) is 24.2. The predicted octanol–water partition coefficient (Wildman–Crippen LogP) is 6.30. The van der Waals surface area contributed by atoms with Crippen molar-refractivity contribution in [1.29, 1.82) is 0 Å². The van der Waals surface area contributed by atoms with Crippen molar-refractivity contribution in [2.75, 3.05) is 7.11 Å². The van der Waals surface area contributed by atoms with Gasteiger partial charge in [-0.1, -0.05) is 45.7 Å². The van der Waals surface area contributed by atoms with Gasteiger partial charge in [-0.05, 0) is 54.2 Å². The van der Waals surface area contributed by atoms with Crippen LogP contribution in [0.2, 0.25) is 5.02 Å². The number of carbonyl (C=O) groups excluding carboxylic acids is 3. The number of thioether (sulfide) groups is 1. The van der Waals surface area contributed by atoms with Crippen LogP contribution in [0, 0.1) is 0 Å². The van der Waals surface area contributed by atoms with Crippen LogP contribution >= 0.6 is 39.3 Å². The number of hydrogen-bond acceptors (Lipinski definition) is 7. The lowest BCUT2D eigenvalue weighted by atomic mass is 10.1. The average Bonchev–Trinajstić information content (AvgIpc) is 3.39. The van der Waals surface area contributed by atoms with Crippen LogP contribution in [0.15, 0.2) is 68.4 Å². The molecule has 1 aromatic heterocycles. The molecule has 2 heterocycles. The minimum atomic E-state index is -0.640. The lowest BCUT2D eigenvalue weighted by Crippen LogP contribution is -2.27. The first kappa shape index (κ1) is 24.1. The summed E-state index contributed by atoms with van der Waals surface area (Å²) in [6.45, 7) is 0.137. The number of halogens is 2. The van der Waals surface area contributed by atoms with Crippen LogP contribution < -0.4 is 4.74 Å².